The third kappa shape index (κ3) is 2.51. The minimum Gasteiger partial charge on any atom is -0.388 e. The van der Waals surface area contributed by atoms with Gasteiger partial charge in [0.05, 0.1) is 16.2 Å². The molecule has 2 heterocycles. The molecule has 4 atom stereocenters. The van der Waals surface area contributed by atoms with Gasteiger partial charge >= 0.3 is 5.69 Å². The summed E-state index contributed by atoms with van der Waals surface area (Å²) in [6.45, 7) is 5.42. The average Bonchev–Trinajstić information content (AvgIpc) is 2.54. The van der Waals surface area contributed by atoms with Crippen molar-refractivity contribution in [2.75, 3.05) is 0 Å². The molecule has 8 heteroatoms. The Hall–Kier alpha value is -0.710. The smallest absolute Gasteiger partial charge is 0.328 e. The Balaban J connectivity index is 2.23. The summed E-state index contributed by atoms with van der Waals surface area (Å²) in [5.74, 6) is 0. The number of rotatable bonds is 2. The first kappa shape index (κ1) is 13.7. The van der Waals surface area contributed by atoms with Crippen molar-refractivity contribution in [1.82, 2.24) is 9.55 Å². The Bertz CT molecular complexity index is 554. The van der Waals surface area contributed by atoms with Crippen LogP contribution >= 0.6 is 22.6 Å². The van der Waals surface area contributed by atoms with E-state index in [9.17, 15) is 19.8 Å². The summed E-state index contributed by atoms with van der Waals surface area (Å²) in [5, 5.41) is 19.1. The van der Waals surface area contributed by atoms with E-state index in [4.69, 9.17) is 11.7 Å². The number of nitrogens with zero attached hydrogens (tertiary/aromatic N) is 1. The molecule has 2 radical (unpaired) electrons. The predicted octanol–water partition coefficient (Wildman–Crippen LogP) is -1.66. The highest BCUT2D eigenvalue weighted by Crippen LogP contribution is 2.21. The SMILES string of the molecule is [CH][C@@H]1O[C@H](Cn2cc(I)c(=O)[nH]c2=O)[C@H](O)C1O. The zero-order valence-electron chi connectivity index (χ0n) is 9.12. The van der Waals surface area contributed by atoms with Crippen LogP contribution in [0.2, 0.25) is 0 Å². The van der Waals surface area contributed by atoms with Gasteiger partial charge in [-0.3, -0.25) is 14.3 Å². The van der Waals surface area contributed by atoms with Crippen LogP contribution in [0.5, 0.6) is 0 Å². The summed E-state index contributed by atoms with van der Waals surface area (Å²) in [6.07, 6.45) is -2.78. The van der Waals surface area contributed by atoms with E-state index in [2.05, 4.69) is 4.98 Å². The summed E-state index contributed by atoms with van der Waals surface area (Å²) in [6, 6.07) is 0. The van der Waals surface area contributed by atoms with Crippen LogP contribution in [0, 0.1) is 10.5 Å². The normalized spacial score (nSPS) is 31.8. The lowest BCUT2D eigenvalue weighted by atomic mass is 10.1. The summed E-state index contributed by atoms with van der Waals surface area (Å²) >= 11 is 1.79. The zero-order chi connectivity index (χ0) is 13.4. The highest BCUT2D eigenvalue weighted by atomic mass is 127. The molecule has 1 unspecified atom stereocenters. The minimum absolute atomic E-state index is 0.00244. The molecule has 0 aliphatic carbocycles. The monoisotopic (exact) mass is 366 g/mol. The van der Waals surface area contributed by atoms with Gasteiger partial charge in [-0.05, 0) is 29.5 Å². The lowest BCUT2D eigenvalue weighted by molar-refractivity contribution is 0.0102. The second kappa shape index (κ2) is 5.11. The molecule has 1 aliphatic heterocycles. The molecule has 1 aromatic rings. The molecule has 7 nitrogen and oxygen atoms in total. The molecule has 1 aromatic heterocycles. The quantitative estimate of drug-likeness (QED) is 0.544. The largest absolute Gasteiger partial charge is 0.388 e. The predicted molar refractivity (Wildman–Crippen MR) is 69.0 cm³/mol. The van der Waals surface area contributed by atoms with Crippen molar-refractivity contribution in [3.63, 3.8) is 0 Å². The molecular formula is C10H11IN2O5. The summed E-state index contributed by atoms with van der Waals surface area (Å²) in [5.41, 5.74) is -1.08. The van der Waals surface area contributed by atoms with Crippen LogP contribution in [0.15, 0.2) is 15.8 Å². The number of halogens is 1. The van der Waals surface area contributed by atoms with Crippen LogP contribution in [0.25, 0.3) is 0 Å². The molecule has 98 valence electrons. The summed E-state index contributed by atoms with van der Waals surface area (Å²) in [7, 11) is 0. The Morgan fingerprint density at radius 2 is 2.11 bits per heavy atom. The summed E-state index contributed by atoms with van der Waals surface area (Å²) < 4.78 is 6.67. The van der Waals surface area contributed by atoms with Crippen LogP contribution < -0.4 is 11.2 Å². The van der Waals surface area contributed by atoms with E-state index in [-0.39, 0.29) is 6.54 Å². The first-order valence-electron chi connectivity index (χ1n) is 5.16. The third-order valence-corrected chi connectivity index (χ3v) is 3.51. The number of hydrogen-bond donors (Lipinski definition) is 3. The van der Waals surface area contributed by atoms with Gasteiger partial charge in [0, 0.05) is 6.20 Å². The number of aliphatic hydroxyl groups is 2. The molecule has 2 rings (SSSR count). The van der Waals surface area contributed by atoms with E-state index >= 15 is 0 Å². The van der Waals surface area contributed by atoms with Crippen molar-refractivity contribution in [1.29, 1.82) is 0 Å². The fraction of sp³-hybridized carbons (Fsp3) is 0.500. The maximum atomic E-state index is 11.5. The molecule has 0 aromatic carbocycles. The van der Waals surface area contributed by atoms with E-state index < -0.39 is 35.7 Å². The van der Waals surface area contributed by atoms with Crippen molar-refractivity contribution in [2.45, 2.75) is 31.0 Å². The molecule has 1 fully saturated rings. The van der Waals surface area contributed by atoms with Crippen LogP contribution in [0.1, 0.15) is 0 Å². The number of aromatic nitrogens is 2. The molecule has 0 amide bonds. The molecule has 18 heavy (non-hydrogen) atoms. The van der Waals surface area contributed by atoms with Crippen LogP contribution in [0.4, 0.5) is 0 Å². The maximum Gasteiger partial charge on any atom is 0.328 e. The van der Waals surface area contributed by atoms with Gasteiger partial charge in [-0.15, -0.1) is 0 Å². The van der Waals surface area contributed by atoms with Gasteiger partial charge in [-0.25, -0.2) is 4.79 Å². The van der Waals surface area contributed by atoms with Gasteiger partial charge in [-0.1, -0.05) is 0 Å². The number of hydrogen-bond acceptors (Lipinski definition) is 5. The highest BCUT2D eigenvalue weighted by molar-refractivity contribution is 14.1. The third-order valence-electron chi connectivity index (χ3n) is 2.74. The van der Waals surface area contributed by atoms with Crippen LogP contribution in [0.3, 0.4) is 0 Å². The number of aliphatic hydroxyl groups excluding tert-OH is 2. The molecule has 1 aliphatic rings. The molecule has 1 saturated heterocycles. The van der Waals surface area contributed by atoms with Crippen LogP contribution in [-0.4, -0.2) is 44.2 Å². The number of H-pyrrole nitrogens is 1. The van der Waals surface area contributed by atoms with Gasteiger partial charge in [0.25, 0.3) is 5.56 Å². The van der Waals surface area contributed by atoms with Crippen molar-refractivity contribution in [3.05, 3.63) is 37.5 Å². The fourth-order valence-electron chi connectivity index (χ4n) is 1.74. The van der Waals surface area contributed by atoms with E-state index in [1.54, 1.807) is 22.6 Å². The van der Waals surface area contributed by atoms with Gasteiger partial charge in [0.2, 0.25) is 0 Å². The van der Waals surface area contributed by atoms with Crippen LogP contribution in [-0.2, 0) is 11.3 Å². The number of nitrogens with one attached hydrogen (secondary N) is 1. The fourth-order valence-corrected chi connectivity index (χ4v) is 2.21. The Kier molecular flexibility index (Phi) is 3.90. The topological polar surface area (TPSA) is 105 Å². The first-order valence-corrected chi connectivity index (χ1v) is 6.24. The maximum absolute atomic E-state index is 11.5. The molecule has 3 N–H and O–H groups in total. The number of aromatic amines is 1. The lowest BCUT2D eigenvalue weighted by Gasteiger charge is -2.15. The molecule has 0 spiro atoms. The minimum atomic E-state index is -1.19. The van der Waals surface area contributed by atoms with Gasteiger partial charge in [0.15, 0.2) is 0 Å². The van der Waals surface area contributed by atoms with E-state index in [0.29, 0.717) is 3.57 Å². The van der Waals surface area contributed by atoms with E-state index in [0.717, 1.165) is 0 Å². The van der Waals surface area contributed by atoms with Crippen molar-refractivity contribution < 1.29 is 14.9 Å². The first-order chi connectivity index (χ1) is 8.40. The average molecular weight is 366 g/mol. The summed E-state index contributed by atoms with van der Waals surface area (Å²) in [4.78, 5) is 24.8. The lowest BCUT2D eigenvalue weighted by Crippen LogP contribution is -2.38. The molecule has 0 bridgehead atoms. The van der Waals surface area contributed by atoms with Gasteiger partial charge in [-0.2, -0.15) is 0 Å². The van der Waals surface area contributed by atoms with Crippen molar-refractivity contribution in [3.8, 4) is 0 Å². The van der Waals surface area contributed by atoms with E-state index in [1.165, 1.54) is 10.8 Å². The second-order valence-electron chi connectivity index (χ2n) is 4.01. The molecule has 0 saturated carbocycles. The zero-order valence-corrected chi connectivity index (χ0v) is 11.3. The second-order valence-corrected chi connectivity index (χ2v) is 5.17. The standard InChI is InChI=1S/C10H11IN2O5/c1-4-7(14)8(15)6(18-4)3-13-2-5(11)9(16)12-10(13)17/h1-2,4,6-8,14-15H,3H2,(H,12,16,17)/t4-,6+,7?,8-/m0/s1. The Morgan fingerprint density at radius 1 is 1.44 bits per heavy atom. The van der Waals surface area contributed by atoms with Gasteiger partial charge < -0.3 is 14.9 Å². The highest BCUT2D eigenvalue weighted by Gasteiger charge is 2.40. The van der Waals surface area contributed by atoms with Crippen molar-refractivity contribution in [2.24, 2.45) is 0 Å². The van der Waals surface area contributed by atoms with E-state index in [1.807, 2.05) is 0 Å². The van der Waals surface area contributed by atoms with Crippen molar-refractivity contribution >= 4 is 22.6 Å². The molecular weight excluding hydrogens is 355 g/mol. The van der Waals surface area contributed by atoms with Gasteiger partial charge in [0.1, 0.15) is 18.3 Å². The Labute approximate surface area is 116 Å². The Morgan fingerprint density at radius 3 is 2.67 bits per heavy atom. The number of ether oxygens (including phenoxy) is 1.